The summed E-state index contributed by atoms with van der Waals surface area (Å²) in [6.45, 7) is 2.46. The van der Waals surface area contributed by atoms with Crippen molar-refractivity contribution in [1.82, 2.24) is 0 Å². The molecule has 0 amide bonds. The standard InChI is InChI=1S/C15H18O5/c1-3-18-12-8-11-13(15(17-2)20-12)14(16)9-6-4-5-7-10(9)19-11/h4-7,11-12,15-16H,3,8H2,1-2H3/t11-,12-,15?/m1/s1. The first kappa shape index (κ1) is 13.4. The zero-order valence-electron chi connectivity index (χ0n) is 11.5. The molecule has 1 aromatic carbocycles. The second-order valence-corrected chi connectivity index (χ2v) is 4.73. The quantitative estimate of drug-likeness (QED) is 0.920. The van der Waals surface area contributed by atoms with Crippen LogP contribution in [0, 0.1) is 0 Å². The zero-order valence-corrected chi connectivity index (χ0v) is 11.5. The summed E-state index contributed by atoms with van der Waals surface area (Å²) in [5.41, 5.74) is 1.29. The maximum absolute atomic E-state index is 10.5. The number of ether oxygens (including phenoxy) is 4. The molecule has 1 saturated heterocycles. The Morgan fingerprint density at radius 1 is 1.35 bits per heavy atom. The lowest BCUT2D eigenvalue weighted by atomic mass is 9.95. The van der Waals surface area contributed by atoms with Gasteiger partial charge in [-0.2, -0.15) is 0 Å². The third-order valence-electron chi connectivity index (χ3n) is 3.53. The molecule has 0 spiro atoms. The van der Waals surface area contributed by atoms with Crippen LogP contribution in [0.4, 0.5) is 0 Å². The zero-order chi connectivity index (χ0) is 14.1. The molecule has 1 unspecified atom stereocenters. The van der Waals surface area contributed by atoms with Crippen molar-refractivity contribution in [3.63, 3.8) is 0 Å². The number of hydrogen-bond acceptors (Lipinski definition) is 5. The summed E-state index contributed by atoms with van der Waals surface area (Å²) in [7, 11) is 1.54. The Kier molecular flexibility index (Phi) is 3.65. The highest BCUT2D eigenvalue weighted by atomic mass is 16.8. The van der Waals surface area contributed by atoms with Crippen LogP contribution in [0.5, 0.6) is 5.75 Å². The third-order valence-corrected chi connectivity index (χ3v) is 3.53. The first-order valence-corrected chi connectivity index (χ1v) is 6.73. The highest BCUT2D eigenvalue weighted by Crippen LogP contribution is 2.40. The maximum atomic E-state index is 10.5. The monoisotopic (exact) mass is 278 g/mol. The van der Waals surface area contributed by atoms with Crippen LogP contribution in [0.3, 0.4) is 0 Å². The van der Waals surface area contributed by atoms with Gasteiger partial charge in [-0.05, 0) is 19.1 Å². The number of methoxy groups -OCH3 is 1. The van der Waals surface area contributed by atoms with Gasteiger partial charge in [-0.15, -0.1) is 0 Å². The summed E-state index contributed by atoms with van der Waals surface area (Å²) in [5.74, 6) is 0.851. The highest BCUT2D eigenvalue weighted by Gasteiger charge is 2.41. The van der Waals surface area contributed by atoms with E-state index in [1.165, 1.54) is 7.11 Å². The molecular formula is C15H18O5. The summed E-state index contributed by atoms with van der Waals surface area (Å²) in [5, 5.41) is 10.5. The fourth-order valence-corrected chi connectivity index (χ4v) is 2.65. The molecular weight excluding hydrogens is 260 g/mol. The number of aliphatic hydroxyl groups excluding tert-OH is 1. The number of rotatable bonds is 3. The van der Waals surface area contributed by atoms with E-state index in [1.807, 2.05) is 31.2 Å². The van der Waals surface area contributed by atoms with Crippen LogP contribution in [0.25, 0.3) is 5.76 Å². The van der Waals surface area contributed by atoms with E-state index in [2.05, 4.69) is 0 Å². The summed E-state index contributed by atoms with van der Waals surface area (Å²) in [4.78, 5) is 0. The van der Waals surface area contributed by atoms with E-state index >= 15 is 0 Å². The second-order valence-electron chi connectivity index (χ2n) is 4.73. The van der Waals surface area contributed by atoms with E-state index in [0.717, 1.165) is 0 Å². The van der Waals surface area contributed by atoms with Crippen LogP contribution < -0.4 is 4.74 Å². The minimum atomic E-state index is -0.654. The first-order valence-electron chi connectivity index (χ1n) is 6.73. The number of hydrogen-bond donors (Lipinski definition) is 1. The van der Waals surface area contributed by atoms with E-state index in [0.29, 0.717) is 29.9 Å². The fraction of sp³-hybridized carbons (Fsp3) is 0.467. The predicted octanol–water partition coefficient (Wildman–Crippen LogP) is 2.47. The number of para-hydroxylation sites is 1. The summed E-state index contributed by atoms with van der Waals surface area (Å²) >= 11 is 0. The summed E-state index contributed by atoms with van der Waals surface area (Å²) < 4.78 is 22.5. The van der Waals surface area contributed by atoms with Crippen molar-refractivity contribution in [1.29, 1.82) is 0 Å². The maximum Gasteiger partial charge on any atom is 0.189 e. The topological polar surface area (TPSA) is 57.2 Å². The number of fused-ring (bicyclic) bond motifs is 2. The van der Waals surface area contributed by atoms with Gasteiger partial charge in [0.1, 0.15) is 17.6 Å². The molecule has 3 atom stereocenters. The lowest BCUT2D eigenvalue weighted by molar-refractivity contribution is -0.250. The molecule has 20 heavy (non-hydrogen) atoms. The summed E-state index contributed by atoms with van der Waals surface area (Å²) in [6.07, 6.45) is -0.808. The Bertz CT molecular complexity index is 525. The van der Waals surface area contributed by atoms with Gasteiger partial charge in [-0.25, -0.2) is 0 Å². The van der Waals surface area contributed by atoms with Crippen LogP contribution in [0.15, 0.2) is 29.8 Å². The Labute approximate surface area is 117 Å². The van der Waals surface area contributed by atoms with E-state index in [1.54, 1.807) is 0 Å². The molecule has 3 rings (SSSR count). The SMILES string of the molecule is CCO[C@H]1C[C@H]2Oc3ccccc3C(O)=C2C(OC)O1. The smallest absolute Gasteiger partial charge is 0.189 e. The Morgan fingerprint density at radius 2 is 2.15 bits per heavy atom. The molecule has 0 saturated carbocycles. The normalized spacial score (nSPS) is 28.6. The van der Waals surface area contributed by atoms with E-state index in [-0.39, 0.29) is 11.9 Å². The van der Waals surface area contributed by atoms with Gasteiger partial charge in [0.15, 0.2) is 12.6 Å². The molecule has 1 fully saturated rings. The lowest BCUT2D eigenvalue weighted by Gasteiger charge is -2.39. The molecule has 1 N–H and O–H groups in total. The van der Waals surface area contributed by atoms with Crippen LogP contribution in [-0.2, 0) is 14.2 Å². The molecule has 0 bridgehead atoms. The van der Waals surface area contributed by atoms with Crippen LogP contribution in [-0.4, -0.2) is 37.5 Å². The fourth-order valence-electron chi connectivity index (χ4n) is 2.65. The average molecular weight is 278 g/mol. The Balaban J connectivity index is 1.98. The van der Waals surface area contributed by atoms with E-state index < -0.39 is 12.6 Å². The van der Waals surface area contributed by atoms with Crippen molar-refractivity contribution in [3.05, 3.63) is 35.4 Å². The van der Waals surface area contributed by atoms with Crippen molar-refractivity contribution in [2.75, 3.05) is 13.7 Å². The van der Waals surface area contributed by atoms with Gasteiger partial charge in [0.25, 0.3) is 0 Å². The van der Waals surface area contributed by atoms with Crippen molar-refractivity contribution in [2.24, 2.45) is 0 Å². The molecule has 5 nitrogen and oxygen atoms in total. The van der Waals surface area contributed by atoms with Gasteiger partial charge in [0, 0.05) is 20.1 Å². The van der Waals surface area contributed by atoms with Gasteiger partial charge in [-0.1, -0.05) is 12.1 Å². The van der Waals surface area contributed by atoms with Gasteiger partial charge in [0.2, 0.25) is 0 Å². The molecule has 2 aliphatic heterocycles. The largest absolute Gasteiger partial charge is 0.507 e. The van der Waals surface area contributed by atoms with Crippen molar-refractivity contribution in [3.8, 4) is 5.75 Å². The molecule has 108 valence electrons. The van der Waals surface area contributed by atoms with Crippen LogP contribution in [0.2, 0.25) is 0 Å². The highest BCUT2D eigenvalue weighted by molar-refractivity contribution is 5.70. The molecule has 0 aromatic heterocycles. The average Bonchev–Trinajstić information content (AvgIpc) is 2.47. The van der Waals surface area contributed by atoms with Crippen LogP contribution in [0.1, 0.15) is 18.9 Å². The van der Waals surface area contributed by atoms with E-state index in [9.17, 15) is 5.11 Å². The van der Waals surface area contributed by atoms with Gasteiger partial charge >= 0.3 is 0 Å². The third kappa shape index (κ3) is 2.18. The number of benzene rings is 1. The molecule has 2 heterocycles. The second kappa shape index (κ2) is 5.44. The molecule has 0 radical (unpaired) electrons. The minimum absolute atomic E-state index is 0.179. The number of aliphatic hydroxyl groups is 1. The van der Waals surface area contributed by atoms with E-state index in [4.69, 9.17) is 18.9 Å². The van der Waals surface area contributed by atoms with Gasteiger partial charge < -0.3 is 24.1 Å². The Hall–Kier alpha value is -1.56. The Morgan fingerprint density at radius 3 is 2.90 bits per heavy atom. The van der Waals surface area contributed by atoms with Gasteiger partial charge in [0.05, 0.1) is 11.1 Å². The van der Waals surface area contributed by atoms with Crippen LogP contribution >= 0.6 is 0 Å². The molecule has 1 aromatic rings. The van der Waals surface area contributed by atoms with Crippen molar-refractivity contribution < 1.29 is 24.1 Å². The molecule has 2 aliphatic rings. The van der Waals surface area contributed by atoms with Crippen molar-refractivity contribution >= 4 is 5.76 Å². The molecule has 5 heteroatoms. The van der Waals surface area contributed by atoms with Crippen molar-refractivity contribution in [2.45, 2.75) is 32.0 Å². The minimum Gasteiger partial charge on any atom is -0.507 e. The predicted molar refractivity (Wildman–Crippen MR) is 72.3 cm³/mol. The molecule has 0 aliphatic carbocycles. The van der Waals surface area contributed by atoms with Gasteiger partial charge in [-0.3, -0.25) is 0 Å². The summed E-state index contributed by atoms with van der Waals surface area (Å²) in [6, 6.07) is 7.39. The lowest BCUT2D eigenvalue weighted by Crippen LogP contribution is -2.44. The first-order chi connectivity index (χ1) is 9.74.